The molecule has 21 heavy (non-hydrogen) atoms. The van der Waals surface area contributed by atoms with Crippen LogP contribution in [-0.4, -0.2) is 0 Å². The minimum atomic E-state index is 0.557. The summed E-state index contributed by atoms with van der Waals surface area (Å²) in [5, 5.41) is 0. The second-order valence-electron chi connectivity index (χ2n) is 9.04. The summed E-state index contributed by atoms with van der Waals surface area (Å²) < 4.78 is 0. The average molecular weight is 293 g/mol. The van der Waals surface area contributed by atoms with Gasteiger partial charge in [-0.2, -0.15) is 0 Å². The summed E-state index contributed by atoms with van der Waals surface area (Å²) in [7, 11) is 0. The van der Waals surface area contributed by atoms with Crippen molar-refractivity contribution in [1.29, 1.82) is 0 Å². The van der Waals surface area contributed by atoms with Crippen LogP contribution in [0.15, 0.2) is 0 Å². The van der Waals surface area contributed by atoms with E-state index in [-0.39, 0.29) is 0 Å². The van der Waals surface area contributed by atoms with Gasteiger partial charge in [-0.05, 0) is 36.0 Å². The van der Waals surface area contributed by atoms with Crippen LogP contribution in [0, 0.1) is 23.2 Å². The molecule has 124 valence electrons. The zero-order valence-corrected chi connectivity index (χ0v) is 15.1. The Morgan fingerprint density at radius 3 is 1.62 bits per heavy atom. The second kappa shape index (κ2) is 8.59. The molecule has 1 unspecified atom stereocenters. The van der Waals surface area contributed by atoms with E-state index in [1.54, 1.807) is 0 Å². The van der Waals surface area contributed by atoms with Gasteiger partial charge in [0.2, 0.25) is 0 Å². The SMILES string of the molecule is CC(CC1CCCCCC1)C(C)(C)CC1CCCCCC1. The topological polar surface area (TPSA) is 0 Å². The number of rotatable bonds is 5. The molecule has 1 atom stereocenters. The highest BCUT2D eigenvalue weighted by molar-refractivity contribution is 4.82. The summed E-state index contributed by atoms with van der Waals surface area (Å²) in [6.45, 7) is 7.69. The molecule has 0 amide bonds. The molecule has 0 aromatic rings. The lowest BCUT2D eigenvalue weighted by molar-refractivity contribution is 0.137. The fraction of sp³-hybridized carbons (Fsp3) is 1.00. The van der Waals surface area contributed by atoms with E-state index in [1.165, 1.54) is 89.9 Å². The third-order valence-electron chi connectivity index (χ3n) is 6.79. The molecule has 0 radical (unpaired) electrons. The molecule has 2 aliphatic carbocycles. The van der Waals surface area contributed by atoms with E-state index in [9.17, 15) is 0 Å². The van der Waals surface area contributed by atoms with Crippen LogP contribution in [-0.2, 0) is 0 Å². The Morgan fingerprint density at radius 1 is 0.714 bits per heavy atom. The Labute approximate surface area is 134 Å². The summed E-state index contributed by atoms with van der Waals surface area (Å²) in [6, 6.07) is 0. The van der Waals surface area contributed by atoms with Crippen LogP contribution in [0.25, 0.3) is 0 Å². The van der Waals surface area contributed by atoms with Crippen LogP contribution >= 0.6 is 0 Å². The average Bonchev–Trinajstić information content (AvgIpc) is 2.83. The van der Waals surface area contributed by atoms with Gasteiger partial charge in [0, 0.05) is 0 Å². The Hall–Kier alpha value is 0. The molecule has 0 N–H and O–H groups in total. The number of hydrogen-bond acceptors (Lipinski definition) is 0. The molecule has 2 saturated carbocycles. The van der Waals surface area contributed by atoms with E-state index in [1.807, 2.05) is 0 Å². The number of hydrogen-bond donors (Lipinski definition) is 0. The van der Waals surface area contributed by atoms with Crippen molar-refractivity contribution in [1.82, 2.24) is 0 Å². The third kappa shape index (κ3) is 5.95. The summed E-state index contributed by atoms with van der Waals surface area (Å²) in [5.74, 6) is 2.97. The molecule has 0 aromatic carbocycles. The van der Waals surface area contributed by atoms with E-state index < -0.39 is 0 Å². The van der Waals surface area contributed by atoms with Gasteiger partial charge in [0.15, 0.2) is 0 Å². The lowest BCUT2D eigenvalue weighted by Crippen LogP contribution is -2.27. The van der Waals surface area contributed by atoms with E-state index in [0.717, 1.165) is 17.8 Å². The summed E-state index contributed by atoms with van der Waals surface area (Å²) in [4.78, 5) is 0. The van der Waals surface area contributed by atoms with Gasteiger partial charge in [0.05, 0.1) is 0 Å². The van der Waals surface area contributed by atoms with E-state index >= 15 is 0 Å². The van der Waals surface area contributed by atoms with Gasteiger partial charge in [0.25, 0.3) is 0 Å². The van der Waals surface area contributed by atoms with Gasteiger partial charge < -0.3 is 0 Å². The highest BCUT2D eigenvalue weighted by atomic mass is 14.4. The summed E-state index contributed by atoms with van der Waals surface area (Å²) >= 11 is 0. The van der Waals surface area contributed by atoms with Gasteiger partial charge in [-0.15, -0.1) is 0 Å². The van der Waals surface area contributed by atoms with E-state index in [4.69, 9.17) is 0 Å². The zero-order chi connectivity index (χ0) is 15.1. The van der Waals surface area contributed by atoms with Crippen molar-refractivity contribution in [2.24, 2.45) is 23.2 Å². The molecule has 2 rings (SSSR count). The van der Waals surface area contributed by atoms with Gasteiger partial charge in [-0.1, -0.05) is 97.8 Å². The Kier molecular flexibility index (Phi) is 7.10. The second-order valence-corrected chi connectivity index (χ2v) is 9.04. The Balaban J connectivity index is 1.81. The van der Waals surface area contributed by atoms with Gasteiger partial charge in [-0.25, -0.2) is 0 Å². The molecule has 0 heterocycles. The first-order valence-corrected chi connectivity index (χ1v) is 10.1. The Morgan fingerprint density at radius 2 is 1.14 bits per heavy atom. The van der Waals surface area contributed by atoms with Gasteiger partial charge in [-0.3, -0.25) is 0 Å². The normalized spacial score (nSPS) is 25.3. The van der Waals surface area contributed by atoms with Crippen molar-refractivity contribution >= 4 is 0 Å². The highest BCUT2D eigenvalue weighted by Crippen LogP contribution is 2.42. The maximum atomic E-state index is 2.57. The minimum absolute atomic E-state index is 0.557. The largest absolute Gasteiger partial charge is 0.0620 e. The molecular weight excluding hydrogens is 252 g/mol. The van der Waals surface area contributed by atoms with Crippen molar-refractivity contribution in [3.63, 3.8) is 0 Å². The Bertz CT molecular complexity index is 262. The molecule has 0 saturated heterocycles. The highest BCUT2D eigenvalue weighted by Gasteiger charge is 2.31. The quantitative estimate of drug-likeness (QED) is 0.464. The monoisotopic (exact) mass is 292 g/mol. The molecule has 0 aliphatic heterocycles. The van der Waals surface area contributed by atoms with Crippen molar-refractivity contribution in [3.8, 4) is 0 Å². The molecule has 0 aromatic heterocycles. The van der Waals surface area contributed by atoms with Crippen LogP contribution in [0.5, 0.6) is 0 Å². The van der Waals surface area contributed by atoms with E-state index in [2.05, 4.69) is 20.8 Å². The third-order valence-corrected chi connectivity index (χ3v) is 6.79. The molecule has 0 bridgehead atoms. The van der Waals surface area contributed by atoms with Crippen molar-refractivity contribution in [2.45, 2.75) is 111 Å². The van der Waals surface area contributed by atoms with Crippen LogP contribution < -0.4 is 0 Å². The predicted molar refractivity (Wildman–Crippen MR) is 94.6 cm³/mol. The van der Waals surface area contributed by atoms with Crippen molar-refractivity contribution < 1.29 is 0 Å². The zero-order valence-electron chi connectivity index (χ0n) is 15.1. The molecule has 2 aliphatic rings. The van der Waals surface area contributed by atoms with Crippen LogP contribution in [0.4, 0.5) is 0 Å². The molecule has 0 heteroatoms. The minimum Gasteiger partial charge on any atom is -0.0620 e. The van der Waals surface area contributed by atoms with Crippen LogP contribution in [0.2, 0.25) is 0 Å². The van der Waals surface area contributed by atoms with Crippen LogP contribution in [0.3, 0.4) is 0 Å². The first-order valence-electron chi connectivity index (χ1n) is 10.1. The van der Waals surface area contributed by atoms with E-state index in [0.29, 0.717) is 5.41 Å². The summed E-state index contributed by atoms with van der Waals surface area (Å²) in [6.07, 6.45) is 21.0. The smallest absolute Gasteiger partial charge is 0.0326 e. The van der Waals surface area contributed by atoms with Crippen molar-refractivity contribution in [3.05, 3.63) is 0 Å². The maximum Gasteiger partial charge on any atom is -0.0326 e. The molecule has 2 fully saturated rings. The predicted octanol–water partition coefficient (Wildman–Crippen LogP) is 7.37. The molecule has 0 nitrogen and oxygen atoms in total. The van der Waals surface area contributed by atoms with Crippen molar-refractivity contribution in [2.75, 3.05) is 0 Å². The lowest BCUT2D eigenvalue weighted by atomic mass is 9.69. The summed E-state index contributed by atoms with van der Waals surface area (Å²) in [5.41, 5.74) is 0.557. The fourth-order valence-corrected chi connectivity index (χ4v) is 4.93. The van der Waals surface area contributed by atoms with Crippen LogP contribution in [0.1, 0.15) is 111 Å². The molecular formula is C21H40. The standard InChI is InChI=1S/C21H40/c1-18(16-19-12-8-4-5-9-13-19)21(2,3)17-20-14-10-6-7-11-15-20/h18-20H,4-17H2,1-3H3. The van der Waals surface area contributed by atoms with Gasteiger partial charge >= 0.3 is 0 Å². The first-order chi connectivity index (χ1) is 10.1. The van der Waals surface area contributed by atoms with Gasteiger partial charge in [0.1, 0.15) is 0 Å². The first kappa shape index (κ1) is 17.4. The fourth-order valence-electron chi connectivity index (χ4n) is 4.93. The lowest BCUT2D eigenvalue weighted by Gasteiger charge is -2.37. The molecule has 0 spiro atoms. The maximum absolute atomic E-state index is 2.57.